The molecule has 2 atom stereocenters. The molecule has 0 aliphatic carbocycles. The number of aryl methyl sites for hydroxylation is 1. The van der Waals surface area contributed by atoms with Gasteiger partial charge in [-0.2, -0.15) is 0 Å². The number of hydrogen-bond donors (Lipinski definition) is 1. The average molecular weight is 200 g/mol. The molecule has 1 aromatic rings. The van der Waals surface area contributed by atoms with Gasteiger partial charge in [0.25, 0.3) is 0 Å². The van der Waals surface area contributed by atoms with E-state index >= 15 is 0 Å². The second-order valence-electron chi connectivity index (χ2n) is 3.48. The molecule has 2 heterocycles. The number of halogens is 1. The van der Waals surface area contributed by atoms with Gasteiger partial charge < -0.3 is 15.1 Å². The Labute approximate surface area is 81.1 Å². The fourth-order valence-corrected chi connectivity index (χ4v) is 1.72. The van der Waals surface area contributed by atoms with Crippen LogP contribution < -0.4 is 10.6 Å². The summed E-state index contributed by atoms with van der Waals surface area (Å²) in [5.74, 6) is 0.484. The van der Waals surface area contributed by atoms with Crippen LogP contribution in [0.3, 0.4) is 0 Å². The third-order valence-electron chi connectivity index (χ3n) is 2.40. The summed E-state index contributed by atoms with van der Waals surface area (Å²) >= 11 is 0. The van der Waals surface area contributed by atoms with Crippen LogP contribution in [-0.2, 0) is 0 Å². The molecule has 0 saturated carbocycles. The Morgan fingerprint density at radius 3 is 3.00 bits per heavy atom. The van der Waals surface area contributed by atoms with Crippen LogP contribution in [0.5, 0.6) is 0 Å². The Balaban J connectivity index is 2.17. The first-order valence-electron chi connectivity index (χ1n) is 4.61. The molecule has 0 bridgehead atoms. The van der Waals surface area contributed by atoms with E-state index in [2.05, 4.69) is 10.2 Å². The summed E-state index contributed by atoms with van der Waals surface area (Å²) in [6, 6.07) is 0.350. The van der Waals surface area contributed by atoms with Crippen molar-refractivity contribution in [2.75, 3.05) is 18.0 Å². The van der Waals surface area contributed by atoms with Gasteiger partial charge in [-0.3, -0.25) is 0 Å². The van der Waals surface area contributed by atoms with Gasteiger partial charge in [-0.05, 0) is 0 Å². The van der Waals surface area contributed by atoms with Gasteiger partial charge in [-0.15, -0.1) is 5.10 Å². The molecule has 0 spiro atoms. The van der Waals surface area contributed by atoms with E-state index in [1.54, 1.807) is 11.8 Å². The van der Waals surface area contributed by atoms with Gasteiger partial charge in [0.1, 0.15) is 6.17 Å². The summed E-state index contributed by atoms with van der Waals surface area (Å²) in [4.78, 5) is 1.74. The molecule has 0 aromatic carbocycles. The second-order valence-corrected chi connectivity index (χ2v) is 3.48. The lowest BCUT2D eigenvalue weighted by atomic mass is 10.2. The Hall–Kier alpha value is -1.17. The topological polar surface area (TPSA) is 68.2 Å². The largest absolute Gasteiger partial charge is 0.408 e. The predicted molar refractivity (Wildman–Crippen MR) is 48.7 cm³/mol. The second kappa shape index (κ2) is 3.53. The van der Waals surface area contributed by atoms with E-state index in [0.29, 0.717) is 31.4 Å². The highest BCUT2D eigenvalue weighted by Crippen LogP contribution is 2.25. The molecule has 1 aliphatic rings. The number of hydrogen-bond acceptors (Lipinski definition) is 5. The van der Waals surface area contributed by atoms with E-state index < -0.39 is 6.17 Å². The zero-order chi connectivity index (χ0) is 10.1. The van der Waals surface area contributed by atoms with Gasteiger partial charge in [0.2, 0.25) is 5.89 Å². The molecule has 0 amide bonds. The first kappa shape index (κ1) is 9.39. The third-order valence-corrected chi connectivity index (χ3v) is 2.40. The molecule has 1 saturated heterocycles. The minimum absolute atomic E-state index is 0.0233. The van der Waals surface area contributed by atoms with E-state index in [1.165, 1.54) is 0 Å². The minimum atomic E-state index is -0.851. The summed E-state index contributed by atoms with van der Waals surface area (Å²) in [6.45, 7) is 2.41. The molecular weight excluding hydrogens is 187 g/mol. The van der Waals surface area contributed by atoms with Crippen molar-refractivity contribution in [2.24, 2.45) is 5.73 Å². The Morgan fingerprint density at radius 2 is 2.43 bits per heavy atom. The molecule has 6 heteroatoms. The van der Waals surface area contributed by atoms with Crippen LogP contribution >= 0.6 is 0 Å². The fraction of sp³-hybridized carbons (Fsp3) is 0.750. The Bertz CT molecular complexity index is 316. The van der Waals surface area contributed by atoms with Crippen LogP contribution in [0.2, 0.25) is 0 Å². The van der Waals surface area contributed by atoms with Crippen molar-refractivity contribution < 1.29 is 8.81 Å². The first-order chi connectivity index (χ1) is 6.70. The third kappa shape index (κ3) is 1.57. The highest BCUT2D eigenvalue weighted by atomic mass is 19.1. The summed E-state index contributed by atoms with van der Waals surface area (Å²) in [6.07, 6.45) is -0.409. The van der Waals surface area contributed by atoms with Crippen molar-refractivity contribution in [3.8, 4) is 0 Å². The molecule has 5 nitrogen and oxygen atoms in total. The number of rotatable bonds is 2. The fourth-order valence-electron chi connectivity index (χ4n) is 1.72. The molecular formula is C8H13FN4O. The summed E-state index contributed by atoms with van der Waals surface area (Å²) in [5, 5.41) is 7.55. The number of nitrogens with two attached hydrogens (primary N) is 1. The SMILES string of the molecule is Cc1nnc(N2C[C@H](F)C[C@H]2CN)o1. The highest BCUT2D eigenvalue weighted by molar-refractivity contribution is 5.30. The van der Waals surface area contributed by atoms with E-state index in [4.69, 9.17) is 10.2 Å². The number of alkyl halides is 1. The van der Waals surface area contributed by atoms with Crippen LogP contribution in [0.1, 0.15) is 12.3 Å². The van der Waals surface area contributed by atoms with Crippen molar-refractivity contribution in [2.45, 2.75) is 25.6 Å². The highest BCUT2D eigenvalue weighted by Gasteiger charge is 2.34. The average Bonchev–Trinajstić information content (AvgIpc) is 2.71. The maximum absolute atomic E-state index is 13.1. The van der Waals surface area contributed by atoms with Gasteiger partial charge in [0, 0.05) is 25.9 Å². The molecule has 1 fully saturated rings. The summed E-state index contributed by atoms with van der Waals surface area (Å²) in [7, 11) is 0. The lowest BCUT2D eigenvalue weighted by Crippen LogP contribution is -2.35. The van der Waals surface area contributed by atoms with Gasteiger partial charge in [0.15, 0.2) is 0 Å². The zero-order valence-electron chi connectivity index (χ0n) is 7.98. The van der Waals surface area contributed by atoms with Crippen molar-refractivity contribution >= 4 is 6.01 Å². The van der Waals surface area contributed by atoms with Gasteiger partial charge >= 0.3 is 6.01 Å². The van der Waals surface area contributed by atoms with Crippen molar-refractivity contribution in [3.63, 3.8) is 0 Å². The van der Waals surface area contributed by atoms with Gasteiger partial charge in [0.05, 0.1) is 6.54 Å². The molecule has 2 rings (SSSR count). The lowest BCUT2D eigenvalue weighted by molar-refractivity contribution is 0.356. The standard InChI is InChI=1S/C8H13FN4O/c1-5-11-12-8(14-5)13-4-6(9)2-7(13)3-10/h6-7H,2-4,10H2,1H3/t6-,7+/m1/s1. The lowest BCUT2D eigenvalue weighted by Gasteiger charge is -2.19. The van der Waals surface area contributed by atoms with Crippen LogP contribution in [0, 0.1) is 6.92 Å². The first-order valence-corrected chi connectivity index (χ1v) is 4.61. The van der Waals surface area contributed by atoms with E-state index in [1.807, 2.05) is 0 Å². The summed E-state index contributed by atoms with van der Waals surface area (Å²) in [5.41, 5.74) is 5.53. The van der Waals surface area contributed by atoms with Gasteiger partial charge in [-0.25, -0.2) is 4.39 Å². The zero-order valence-corrected chi connectivity index (χ0v) is 7.98. The van der Waals surface area contributed by atoms with Gasteiger partial charge in [-0.1, -0.05) is 5.10 Å². The van der Waals surface area contributed by atoms with E-state index in [0.717, 1.165) is 0 Å². The van der Waals surface area contributed by atoms with Crippen molar-refractivity contribution in [1.82, 2.24) is 10.2 Å². The van der Waals surface area contributed by atoms with Crippen LogP contribution in [0.15, 0.2) is 4.42 Å². The molecule has 0 radical (unpaired) electrons. The quantitative estimate of drug-likeness (QED) is 0.741. The maximum atomic E-state index is 13.1. The van der Waals surface area contributed by atoms with Crippen molar-refractivity contribution in [3.05, 3.63) is 5.89 Å². The van der Waals surface area contributed by atoms with E-state index in [9.17, 15) is 4.39 Å². The number of nitrogens with zero attached hydrogens (tertiary/aromatic N) is 3. The minimum Gasteiger partial charge on any atom is -0.408 e. The summed E-state index contributed by atoms with van der Waals surface area (Å²) < 4.78 is 18.3. The monoisotopic (exact) mass is 200 g/mol. The number of anilines is 1. The predicted octanol–water partition coefficient (Wildman–Crippen LogP) is 0.254. The van der Waals surface area contributed by atoms with Crippen molar-refractivity contribution in [1.29, 1.82) is 0 Å². The molecule has 2 N–H and O–H groups in total. The molecule has 14 heavy (non-hydrogen) atoms. The molecule has 0 unspecified atom stereocenters. The normalized spacial score (nSPS) is 27.2. The number of aromatic nitrogens is 2. The van der Waals surface area contributed by atoms with Crippen LogP contribution in [-0.4, -0.2) is 35.5 Å². The molecule has 78 valence electrons. The van der Waals surface area contributed by atoms with Crippen LogP contribution in [0.4, 0.5) is 10.4 Å². The smallest absolute Gasteiger partial charge is 0.318 e. The van der Waals surface area contributed by atoms with Crippen LogP contribution in [0.25, 0.3) is 0 Å². The Morgan fingerprint density at radius 1 is 1.64 bits per heavy atom. The van der Waals surface area contributed by atoms with E-state index in [-0.39, 0.29) is 6.04 Å². The maximum Gasteiger partial charge on any atom is 0.318 e. The molecule has 1 aromatic heterocycles. The Kier molecular flexibility index (Phi) is 2.37. The molecule has 1 aliphatic heterocycles.